The summed E-state index contributed by atoms with van der Waals surface area (Å²) in [6.07, 6.45) is 1.92. The molecule has 8 nitrogen and oxygen atoms in total. The van der Waals surface area contributed by atoms with Crippen LogP contribution in [0.1, 0.15) is 10.4 Å². The minimum Gasteiger partial charge on any atom is -0.332 e. The first-order valence-electron chi connectivity index (χ1n) is 10.2. The van der Waals surface area contributed by atoms with Crippen LogP contribution in [0.2, 0.25) is 0 Å². The molecule has 3 rings (SSSR count). The van der Waals surface area contributed by atoms with Crippen LogP contribution < -0.4 is 5.32 Å². The molecule has 2 aromatic carbocycles. The molecule has 0 atom stereocenters. The van der Waals surface area contributed by atoms with Crippen LogP contribution >= 0.6 is 11.8 Å². The Morgan fingerprint density at radius 2 is 1.75 bits per heavy atom. The van der Waals surface area contributed by atoms with E-state index in [0.29, 0.717) is 31.9 Å². The molecule has 0 spiro atoms. The maximum Gasteiger partial charge on any atom is 0.254 e. The Bertz CT molecular complexity index is 1080. The number of sulfonamides is 1. The molecule has 0 saturated carbocycles. The summed E-state index contributed by atoms with van der Waals surface area (Å²) in [5, 5.41) is 2.82. The van der Waals surface area contributed by atoms with Gasteiger partial charge in [-0.05, 0) is 43.6 Å². The molecule has 1 aliphatic rings. The Hall–Kier alpha value is -2.40. The zero-order valence-corrected chi connectivity index (χ0v) is 20.1. The highest BCUT2D eigenvalue weighted by atomic mass is 32.2. The molecule has 1 aliphatic heterocycles. The molecule has 0 radical (unpaired) electrons. The van der Waals surface area contributed by atoms with Crippen molar-refractivity contribution in [3.05, 3.63) is 54.1 Å². The number of hydrogen-bond acceptors (Lipinski definition) is 6. The van der Waals surface area contributed by atoms with Crippen LogP contribution in [0.3, 0.4) is 0 Å². The third-order valence-electron chi connectivity index (χ3n) is 5.29. The van der Waals surface area contributed by atoms with Gasteiger partial charge in [-0.25, -0.2) is 8.42 Å². The Morgan fingerprint density at radius 3 is 2.44 bits per heavy atom. The molecule has 172 valence electrons. The van der Waals surface area contributed by atoms with E-state index >= 15 is 0 Å². The van der Waals surface area contributed by atoms with Crippen LogP contribution in [0.4, 0.5) is 5.69 Å². The second kappa shape index (κ2) is 10.5. The Morgan fingerprint density at radius 1 is 1.06 bits per heavy atom. The maximum atomic E-state index is 13.0. The van der Waals surface area contributed by atoms with E-state index < -0.39 is 15.9 Å². The van der Waals surface area contributed by atoms with Gasteiger partial charge in [0.25, 0.3) is 5.91 Å². The number of nitrogens with zero attached hydrogens (tertiary/aromatic N) is 3. The lowest BCUT2D eigenvalue weighted by Gasteiger charge is -2.31. The predicted molar refractivity (Wildman–Crippen MR) is 127 cm³/mol. The number of carbonyl (C=O) groups excluding carboxylic acids is 2. The third-order valence-corrected chi connectivity index (χ3v) is 7.98. The zero-order valence-electron chi connectivity index (χ0n) is 18.4. The summed E-state index contributed by atoms with van der Waals surface area (Å²) in [4.78, 5) is 29.7. The van der Waals surface area contributed by atoms with E-state index in [1.165, 1.54) is 40.1 Å². The fraction of sp³-hybridized carbons (Fsp3) is 0.364. The lowest BCUT2D eigenvalue weighted by atomic mass is 10.2. The van der Waals surface area contributed by atoms with Gasteiger partial charge in [0.2, 0.25) is 15.9 Å². The van der Waals surface area contributed by atoms with Crippen LogP contribution in [-0.2, 0) is 14.8 Å². The molecule has 10 heteroatoms. The summed E-state index contributed by atoms with van der Waals surface area (Å²) in [6.45, 7) is 1.99. The van der Waals surface area contributed by atoms with Gasteiger partial charge in [-0.1, -0.05) is 18.2 Å². The van der Waals surface area contributed by atoms with Gasteiger partial charge in [0.05, 0.1) is 17.1 Å². The molecule has 1 fully saturated rings. The Labute approximate surface area is 193 Å². The van der Waals surface area contributed by atoms with Crippen molar-refractivity contribution < 1.29 is 18.0 Å². The molecular formula is C22H28N4O4S2. The average molecular weight is 477 g/mol. The van der Waals surface area contributed by atoms with E-state index in [1.54, 1.807) is 18.2 Å². The van der Waals surface area contributed by atoms with Gasteiger partial charge in [0.1, 0.15) is 0 Å². The second-order valence-corrected chi connectivity index (χ2v) is 10.4. The molecular weight excluding hydrogens is 448 g/mol. The summed E-state index contributed by atoms with van der Waals surface area (Å²) in [7, 11) is -0.213. The summed E-state index contributed by atoms with van der Waals surface area (Å²) in [5.41, 5.74) is 0.908. The van der Waals surface area contributed by atoms with Crippen molar-refractivity contribution in [3.8, 4) is 0 Å². The fourth-order valence-corrected chi connectivity index (χ4v) is 5.43. The summed E-state index contributed by atoms with van der Waals surface area (Å²) >= 11 is 1.52. The molecule has 1 saturated heterocycles. The average Bonchev–Trinajstić information content (AvgIpc) is 2.79. The topological polar surface area (TPSA) is 90.0 Å². The zero-order chi connectivity index (χ0) is 23.3. The van der Waals surface area contributed by atoms with Gasteiger partial charge in [-0.2, -0.15) is 4.31 Å². The molecule has 0 bridgehead atoms. The largest absolute Gasteiger partial charge is 0.332 e. The number of para-hydroxylation sites is 1. The van der Waals surface area contributed by atoms with Gasteiger partial charge < -0.3 is 15.1 Å². The molecule has 2 amide bonds. The number of hydrogen-bond donors (Lipinski definition) is 1. The lowest BCUT2D eigenvalue weighted by Crippen LogP contribution is -2.47. The second-order valence-electron chi connectivity index (χ2n) is 7.64. The van der Waals surface area contributed by atoms with Crippen molar-refractivity contribution in [1.29, 1.82) is 0 Å². The van der Waals surface area contributed by atoms with E-state index in [0.717, 1.165) is 4.90 Å². The number of nitrogens with one attached hydrogen (secondary N) is 1. The van der Waals surface area contributed by atoms with Gasteiger partial charge in [-0.3, -0.25) is 9.59 Å². The molecule has 1 N–H and O–H groups in total. The van der Waals surface area contributed by atoms with Crippen LogP contribution in [-0.4, -0.2) is 87.4 Å². The maximum absolute atomic E-state index is 13.0. The lowest BCUT2D eigenvalue weighted by molar-refractivity contribution is -0.116. The summed E-state index contributed by atoms with van der Waals surface area (Å²) < 4.78 is 27.4. The van der Waals surface area contributed by atoms with E-state index in [9.17, 15) is 18.0 Å². The van der Waals surface area contributed by atoms with E-state index in [-0.39, 0.29) is 22.9 Å². The van der Waals surface area contributed by atoms with Crippen LogP contribution in [0, 0.1) is 0 Å². The highest BCUT2D eigenvalue weighted by Crippen LogP contribution is 2.24. The van der Waals surface area contributed by atoms with Crippen LogP contribution in [0.5, 0.6) is 0 Å². The Balaban J connectivity index is 1.69. The number of anilines is 1. The molecule has 1 heterocycles. The van der Waals surface area contributed by atoms with E-state index in [2.05, 4.69) is 10.2 Å². The van der Waals surface area contributed by atoms with Crippen molar-refractivity contribution >= 4 is 39.3 Å². The molecule has 32 heavy (non-hydrogen) atoms. The van der Waals surface area contributed by atoms with Gasteiger partial charge in [0.15, 0.2) is 0 Å². The van der Waals surface area contributed by atoms with Gasteiger partial charge >= 0.3 is 0 Å². The molecule has 0 unspecified atom stereocenters. The van der Waals surface area contributed by atoms with Crippen molar-refractivity contribution in [2.75, 3.05) is 58.4 Å². The quantitative estimate of drug-likeness (QED) is 0.616. The number of thioether (sulfide) groups is 1. The molecule has 0 aromatic heterocycles. The number of amides is 2. The Kier molecular flexibility index (Phi) is 7.94. The predicted octanol–water partition coefficient (Wildman–Crippen LogP) is 2.06. The summed E-state index contributed by atoms with van der Waals surface area (Å²) in [5.74, 6) is -0.753. The highest BCUT2D eigenvalue weighted by Gasteiger charge is 2.28. The minimum atomic E-state index is -3.68. The summed E-state index contributed by atoms with van der Waals surface area (Å²) in [6, 6.07) is 13.4. The van der Waals surface area contributed by atoms with E-state index in [1.807, 2.05) is 31.5 Å². The number of carbonyl (C=O) groups is 2. The van der Waals surface area contributed by atoms with Crippen molar-refractivity contribution in [1.82, 2.24) is 14.1 Å². The van der Waals surface area contributed by atoms with Crippen LogP contribution in [0.25, 0.3) is 0 Å². The number of rotatable bonds is 7. The monoisotopic (exact) mass is 476 g/mol. The normalized spacial score (nSPS) is 15.3. The van der Waals surface area contributed by atoms with Gasteiger partial charge in [0, 0.05) is 43.7 Å². The first-order chi connectivity index (χ1) is 15.2. The SMILES string of the molecule is CSc1ccccc1NC(=O)CN(C)C(=O)c1cccc(S(=O)(=O)N2CCN(C)CC2)c1. The fourth-order valence-electron chi connectivity index (χ4n) is 3.41. The van der Waals surface area contributed by atoms with E-state index in [4.69, 9.17) is 0 Å². The molecule has 0 aliphatic carbocycles. The minimum absolute atomic E-state index is 0.0830. The standard InChI is InChI=1S/C22H28N4O4S2/c1-24-11-13-26(14-12-24)32(29,30)18-8-6-7-17(15-18)22(28)25(2)16-21(27)23-19-9-4-5-10-20(19)31-3/h4-10,15H,11-14,16H2,1-3H3,(H,23,27). The number of benzene rings is 2. The third kappa shape index (κ3) is 5.69. The van der Waals surface area contributed by atoms with Gasteiger partial charge in [-0.15, -0.1) is 11.8 Å². The first kappa shape index (κ1) is 24.2. The first-order valence-corrected chi connectivity index (χ1v) is 12.9. The number of piperazine rings is 1. The van der Waals surface area contributed by atoms with Crippen molar-refractivity contribution in [2.24, 2.45) is 0 Å². The number of likely N-dealkylation sites (N-methyl/N-ethyl adjacent to an activating group) is 2. The molecule has 2 aromatic rings. The van der Waals surface area contributed by atoms with Crippen molar-refractivity contribution in [2.45, 2.75) is 9.79 Å². The van der Waals surface area contributed by atoms with Crippen molar-refractivity contribution in [3.63, 3.8) is 0 Å². The van der Waals surface area contributed by atoms with Crippen LogP contribution in [0.15, 0.2) is 58.3 Å². The highest BCUT2D eigenvalue weighted by molar-refractivity contribution is 7.98. The smallest absolute Gasteiger partial charge is 0.254 e.